The van der Waals surface area contributed by atoms with Crippen molar-refractivity contribution in [2.75, 3.05) is 5.32 Å². The summed E-state index contributed by atoms with van der Waals surface area (Å²) in [7, 11) is 0. The number of carbonyl (C=O) groups excluding carboxylic acids is 1. The first-order valence-corrected chi connectivity index (χ1v) is 8.73. The van der Waals surface area contributed by atoms with Crippen molar-refractivity contribution in [2.24, 2.45) is 0 Å². The van der Waals surface area contributed by atoms with Crippen molar-refractivity contribution in [2.45, 2.75) is 13.5 Å². The van der Waals surface area contributed by atoms with Crippen LogP contribution in [-0.4, -0.2) is 10.8 Å². The first-order valence-electron chi connectivity index (χ1n) is 8.35. The highest BCUT2D eigenvalue weighted by Gasteiger charge is 2.16. The first-order chi connectivity index (χ1) is 13.9. The molecule has 0 bridgehead atoms. The van der Waals surface area contributed by atoms with Gasteiger partial charge in [0.15, 0.2) is 5.76 Å². The number of nitro benzene ring substituents is 1. The second-order valence-corrected chi connectivity index (χ2v) is 6.40. The molecule has 0 unspecified atom stereocenters. The fraction of sp³-hybridized carbons (Fsp3) is 0.100. The van der Waals surface area contributed by atoms with E-state index in [1.165, 1.54) is 18.2 Å². The molecule has 0 saturated carbocycles. The quantitative estimate of drug-likeness (QED) is 0.457. The van der Waals surface area contributed by atoms with Gasteiger partial charge in [-0.25, -0.2) is 0 Å². The average Bonchev–Trinajstić information content (AvgIpc) is 3.17. The number of nitrogens with one attached hydrogen (secondary N) is 1. The van der Waals surface area contributed by atoms with E-state index >= 15 is 0 Å². The summed E-state index contributed by atoms with van der Waals surface area (Å²) in [6.07, 6.45) is 0. The average molecular weight is 412 g/mol. The third-order valence-corrected chi connectivity index (χ3v) is 4.29. The minimum atomic E-state index is -0.619. The van der Waals surface area contributed by atoms with Crippen molar-refractivity contribution in [3.8, 4) is 11.8 Å². The Morgan fingerprint density at radius 1 is 1.31 bits per heavy atom. The van der Waals surface area contributed by atoms with E-state index in [9.17, 15) is 14.9 Å². The molecule has 1 amide bonds. The molecule has 146 valence electrons. The molecule has 0 aliphatic carbocycles. The van der Waals surface area contributed by atoms with Crippen molar-refractivity contribution >= 4 is 28.9 Å². The van der Waals surface area contributed by atoms with E-state index in [4.69, 9.17) is 26.0 Å². The lowest BCUT2D eigenvalue weighted by Gasteiger charge is -2.09. The number of para-hydroxylation sites is 1. The number of non-ortho nitro benzene ring substituents is 1. The molecule has 2 aromatic carbocycles. The molecule has 9 heteroatoms. The van der Waals surface area contributed by atoms with E-state index in [1.54, 1.807) is 12.1 Å². The number of benzene rings is 2. The zero-order chi connectivity index (χ0) is 21.0. The normalized spacial score (nSPS) is 10.2. The van der Waals surface area contributed by atoms with Crippen LogP contribution in [0, 0.1) is 28.4 Å². The second-order valence-electron chi connectivity index (χ2n) is 5.99. The number of anilines is 1. The number of aryl methyl sites for hydroxylation is 1. The lowest BCUT2D eigenvalue weighted by atomic mass is 10.1. The maximum absolute atomic E-state index is 12.4. The molecule has 8 nitrogen and oxygen atoms in total. The summed E-state index contributed by atoms with van der Waals surface area (Å²) in [5.74, 6) is 0.331. The Balaban J connectivity index is 1.70. The van der Waals surface area contributed by atoms with Gasteiger partial charge in [-0.3, -0.25) is 14.9 Å². The molecule has 1 heterocycles. The Bertz CT molecular complexity index is 1110. The van der Waals surface area contributed by atoms with Crippen molar-refractivity contribution < 1.29 is 18.9 Å². The van der Waals surface area contributed by atoms with Gasteiger partial charge in [-0.2, -0.15) is 5.26 Å². The second kappa shape index (κ2) is 8.46. The minimum absolute atomic E-state index is 0.00160. The van der Waals surface area contributed by atoms with Crippen LogP contribution in [0.4, 0.5) is 11.4 Å². The van der Waals surface area contributed by atoms with Crippen LogP contribution in [0.2, 0.25) is 5.02 Å². The molecule has 0 aliphatic heterocycles. The summed E-state index contributed by atoms with van der Waals surface area (Å²) in [6.45, 7) is 1.93. The fourth-order valence-corrected chi connectivity index (χ4v) is 2.83. The van der Waals surface area contributed by atoms with E-state index in [0.717, 1.165) is 11.6 Å². The number of furan rings is 1. The molecular weight excluding hydrogens is 398 g/mol. The van der Waals surface area contributed by atoms with Crippen molar-refractivity contribution in [3.05, 3.63) is 86.3 Å². The van der Waals surface area contributed by atoms with E-state index in [0.29, 0.717) is 16.5 Å². The summed E-state index contributed by atoms with van der Waals surface area (Å²) in [5.41, 5.74) is 0.733. The van der Waals surface area contributed by atoms with Crippen molar-refractivity contribution in [1.82, 2.24) is 0 Å². The predicted octanol–water partition coefficient (Wildman–Crippen LogP) is 4.85. The van der Waals surface area contributed by atoms with Gasteiger partial charge in [0.05, 0.1) is 21.2 Å². The van der Waals surface area contributed by atoms with E-state index < -0.39 is 10.8 Å². The molecule has 1 N–H and O–H groups in total. The third kappa shape index (κ3) is 4.54. The molecule has 0 aliphatic rings. The van der Waals surface area contributed by atoms with Crippen LogP contribution in [0.15, 0.2) is 52.9 Å². The van der Waals surface area contributed by atoms with Gasteiger partial charge in [0.2, 0.25) is 0 Å². The van der Waals surface area contributed by atoms with Gasteiger partial charge in [0.25, 0.3) is 11.6 Å². The number of nitrogens with zero attached hydrogens (tertiary/aromatic N) is 2. The largest absolute Gasteiger partial charge is 0.484 e. The molecule has 0 spiro atoms. The monoisotopic (exact) mass is 411 g/mol. The SMILES string of the molecule is Cc1cccc(Cl)c1OCc1ccc(C(=O)Nc2ccc([N+](=O)[O-])cc2C#N)o1. The Kier molecular flexibility index (Phi) is 5.81. The van der Waals surface area contributed by atoms with Gasteiger partial charge < -0.3 is 14.5 Å². The highest BCUT2D eigenvalue weighted by Crippen LogP contribution is 2.29. The van der Waals surface area contributed by atoms with Crippen molar-refractivity contribution in [3.63, 3.8) is 0 Å². The van der Waals surface area contributed by atoms with Gasteiger partial charge >= 0.3 is 0 Å². The van der Waals surface area contributed by atoms with Crippen LogP contribution in [0.5, 0.6) is 5.75 Å². The Morgan fingerprint density at radius 3 is 2.79 bits per heavy atom. The molecule has 0 atom stereocenters. The van der Waals surface area contributed by atoms with Gasteiger partial charge in [-0.05, 0) is 36.8 Å². The lowest BCUT2D eigenvalue weighted by Crippen LogP contribution is -2.12. The predicted molar refractivity (Wildman–Crippen MR) is 105 cm³/mol. The Morgan fingerprint density at radius 2 is 2.10 bits per heavy atom. The molecule has 3 rings (SSSR count). The number of nitriles is 1. The molecule has 0 saturated heterocycles. The van der Waals surface area contributed by atoms with Crippen LogP contribution in [0.3, 0.4) is 0 Å². The number of halogens is 1. The number of ether oxygens (including phenoxy) is 1. The van der Waals surface area contributed by atoms with E-state index in [1.807, 2.05) is 25.1 Å². The van der Waals surface area contributed by atoms with Crippen LogP contribution in [0.1, 0.15) is 27.4 Å². The first kappa shape index (κ1) is 19.9. The van der Waals surface area contributed by atoms with Gasteiger partial charge in [-0.1, -0.05) is 23.7 Å². The van der Waals surface area contributed by atoms with E-state index in [2.05, 4.69) is 5.32 Å². The summed E-state index contributed by atoms with van der Waals surface area (Å²) in [5, 5.41) is 22.9. The highest BCUT2D eigenvalue weighted by molar-refractivity contribution is 6.32. The summed E-state index contributed by atoms with van der Waals surface area (Å²) in [4.78, 5) is 22.6. The smallest absolute Gasteiger partial charge is 0.291 e. The van der Waals surface area contributed by atoms with Gasteiger partial charge in [0, 0.05) is 12.1 Å². The summed E-state index contributed by atoms with van der Waals surface area (Å²) in [6, 6.07) is 13.8. The zero-order valence-electron chi connectivity index (χ0n) is 15.1. The molecule has 0 fully saturated rings. The van der Waals surface area contributed by atoms with Gasteiger partial charge in [0.1, 0.15) is 24.2 Å². The standard InChI is InChI=1S/C20H14ClN3O5/c1-12-3-2-4-16(21)19(12)28-11-15-6-8-18(29-15)20(25)23-17-7-5-14(24(26)27)9-13(17)10-22/h2-9H,11H2,1H3,(H,23,25). The number of amides is 1. The topological polar surface area (TPSA) is 118 Å². The molecular formula is C20H14ClN3O5. The number of hydrogen-bond acceptors (Lipinski definition) is 6. The summed E-state index contributed by atoms with van der Waals surface area (Å²) < 4.78 is 11.2. The van der Waals surface area contributed by atoms with Crippen LogP contribution in [-0.2, 0) is 6.61 Å². The number of nitro groups is 1. The number of rotatable bonds is 6. The third-order valence-electron chi connectivity index (χ3n) is 3.99. The molecule has 1 aromatic heterocycles. The molecule has 29 heavy (non-hydrogen) atoms. The lowest BCUT2D eigenvalue weighted by molar-refractivity contribution is -0.384. The maximum Gasteiger partial charge on any atom is 0.291 e. The van der Waals surface area contributed by atoms with Crippen molar-refractivity contribution in [1.29, 1.82) is 5.26 Å². The van der Waals surface area contributed by atoms with Gasteiger partial charge in [-0.15, -0.1) is 0 Å². The Hall–Kier alpha value is -3.83. The van der Waals surface area contributed by atoms with Crippen LogP contribution >= 0.6 is 11.6 Å². The van der Waals surface area contributed by atoms with Crippen LogP contribution in [0.25, 0.3) is 0 Å². The number of carbonyl (C=O) groups is 1. The summed E-state index contributed by atoms with van der Waals surface area (Å²) >= 11 is 6.11. The Labute approximate surface area is 170 Å². The number of hydrogen-bond donors (Lipinski definition) is 1. The molecule has 3 aromatic rings. The fourth-order valence-electron chi connectivity index (χ4n) is 2.55. The zero-order valence-corrected chi connectivity index (χ0v) is 15.9. The van der Waals surface area contributed by atoms with Crippen LogP contribution < -0.4 is 10.1 Å². The minimum Gasteiger partial charge on any atom is -0.484 e. The molecule has 0 radical (unpaired) electrons. The van der Waals surface area contributed by atoms with E-state index in [-0.39, 0.29) is 29.3 Å². The highest BCUT2D eigenvalue weighted by atomic mass is 35.5. The maximum atomic E-state index is 12.4.